The average Bonchev–Trinajstić information content (AvgIpc) is 3.60. The van der Waals surface area contributed by atoms with E-state index >= 15 is 0 Å². The lowest BCUT2D eigenvalue weighted by Crippen LogP contribution is -2.15. The molecule has 1 heterocycles. The van der Waals surface area contributed by atoms with Gasteiger partial charge in [0.1, 0.15) is 0 Å². The smallest absolute Gasteiger partial charge is 0.0715 e. The molecule has 0 fully saturated rings. The zero-order chi connectivity index (χ0) is 36.6. The Balaban J connectivity index is 1.01. The van der Waals surface area contributed by atoms with E-state index in [2.05, 4.69) is 204 Å². The third kappa shape index (κ3) is 5.11. The van der Waals surface area contributed by atoms with Crippen LogP contribution in [0.1, 0.15) is 49.9 Å². The minimum Gasteiger partial charge on any atom is -0.248 e. The van der Waals surface area contributed by atoms with Gasteiger partial charge in [-0.1, -0.05) is 167 Å². The number of aromatic nitrogens is 1. The van der Waals surface area contributed by atoms with Crippen molar-refractivity contribution in [3.05, 3.63) is 198 Å². The first-order chi connectivity index (χ1) is 26.3. The fraction of sp³-hybridized carbons (Fsp3) is 0.113. The van der Waals surface area contributed by atoms with Gasteiger partial charge in [-0.3, -0.25) is 0 Å². The number of pyridine rings is 1. The highest BCUT2D eigenvalue weighted by atomic mass is 14.7. The second kappa shape index (κ2) is 12.1. The van der Waals surface area contributed by atoms with E-state index in [1.54, 1.807) is 0 Å². The van der Waals surface area contributed by atoms with E-state index in [9.17, 15) is 0 Å². The van der Waals surface area contributed by atoms with Crippen LogP contribution in [-0.2, 0) is 10.8 Å². The van der Waals surface area contributed by atoms with Crippen LogP contribution in [-0.4, -0.2) is 4.98 Å². The van der Waals surface area contributed by atoms with Crippen molar-refractivity contribution >= 4 is 0 Å². The lowest BCUT2D eigenvalue weighted by atomic mass is 9.80. The summed E-state index contributed by atoms with van der Waals surface area (Å²) in [6, 6.07) is 64.6. The summed E-state index contributed by atoms with van der Waals surface area (Å²) in [4.78, 5) is 5.25. The Morgan fingerprint density at radius 1 is 0.278 bits per heavy atom. The van der Waals surface area contributed by atoms with E-state index in [0.29, 0.717) is 0 Å². The van der Waals surface area contributed by atoms with Crippen LogP contribution in [0, 0.1) is 0 Å². The molecular formula is C53H41N. The van der Waals surface area contributed by atoms with E-state index in [4.69, 9.17) is 4.98 Å². The number of fused-ring (bicyclic) bond motifs is 6. The Morgan fingerprint density at radius 3 is 1.28 bits per heavy atom. The van der Waals surface area contributed by atoms with E-state index in [0.717, 1.165) is 22.5 Å². The van der Waals surface area contributed by atoms with Gasteiger partial charge in [-0.15, -0.1) is 0 Å². The second-order valence-electron chi connectivity index (χ2n) is 16.0. The van der Waals surface area contributed by atoms with E-state index in [1.165, 1.54) is 77.9 Å². The van der Waals surface area contributed by atoms with E-state index in [1.807, 2.05) is 0 Å². The molecule has 0 spiro atoms. The molecular weight excluding hydrogens is 651 g/mol. The van der Waals surface area contributed by atoms with Crippen molar-refractivity contribution in [3.63, 3.8) is 0 Å². The van der Waals surface area contributed by atoms with Gasteiger partial charge in [-0.2, -0.15) is 0 Å². The molecule has 54 heavy (non-hydrogen) atoms. The maximum Gasteiger partial charge on any atom is 0.0715 e. The van der Waals surface area contributed by atoms with Gasteiger partial charge in [0.2, 0.25) is 0 Å². The van der Waals surface area contributed by atoms with Crippen LogP contribution in [0.5, 0.6) is 0 Å². The molecule has 258 valence electrons. The lowest BCUT2D eigenvalue weighted by molar-refractivity contribution is 0.660. The van der Waals surface area contributed by atoms with Gasteiger partial charge in [0, 0.05) is 22.0 Å². The molecule has 2 aliphatic rings. The van der Waals surface area contributed by atoms with E-state index in [-0.39, 0.29) is 10.8 Å². The SMILES string of the molecule is CC1(C)c2ccccc2-c2ccc(-c3cccc(-c4ccc5c(c4)C(C)(C)c4cc(-c6cc(-c7ccccc7)cc(-c7ccccc7)n6)ccc4-5)c3)cc21. The number of benzene rings is 7. The zero-order valence-electron chi connectivity index (χ0n) is 31.2. The summed E-state index contributed by atoms with van der Waals surface area (Å²) in [6.45, 7) is 9.45. The molecule has 0 amide bonds. The zero-order valence-corrected chi connectivity index (χ0v) is 31.2. The molecule has 0 aliphatic heterocycles. The first-order valence-electron chi connectivity index (χ1n) is 19.0. The summed E-state index contributed by atoms with van der Waals surface area (Å²) in [7, 11) is 0. The van der Waals surface area contributed by atoms with Crippen LogP contribution in [0.3, 0.4) is 0 Å². The minimum absolute atomic E-state index is 0.0229. The maximum atomic E-state index is 5.25. The number of rotatable bonds is 5. The van der Waals surface area contributed by atoms with Crippen LogP contribution in [0.2, 0.25) is 0 Å². The molecule has 1 heteroatoms. The highest BCUT2D eigenvalue weighted by Crippen LogP contribution is 2.52. The summed E-state index contributed by atoms with van der Waals surface area (Å²) < 4.78 is 0. The predicted molar refractivity (Wildman–Crippen MR) is 227 cm³/mol. The molecule has 10 rings (SSSR count). The molecule has 0 radical (unpaired) electrons. The molecule has 0 atom stereocenters. The molecule has 0 saturated heterocycles. The third-order valence-electron chi connectivity index (χ3n) is 12.1. The molecule has 8 aromatic rings. The fourth-order valence-electron chi connectivity index (χ4n) is 9.07. The van der Waals surface area contributed by atoms with E-state index < -0.39 is 0 Å². The normalized spacial score (nSPS) is 14.2. The maximum absolute atomic E-state index is 5.25. The number of hydrogen-bond donors (Lipinski definition) is 0. The highest BCUT2D eigenvalue weighted by Gasteiger charge is 2.37. The van der Waals surface area contributed by atoms with Gasteiger partial charge in [0.05, 0.1) is 11.4 Å². The van der Waals surface area contributed by atoms with Gasteiger partial charge >= 0.3 is 0 Å². The molecule has 7 aromatic carbocycles. The Hall–Kier alpha value is -6.31. The number of nitrogens with zero attached hydrogens (tertiary/aromatic N) is 1. The average molecular weight is 692 g/mol. The van der Waals surface area contributed by atoms with Crippen molar-refractivity contribution in [1.82, 2.24) is 4.98 Å². The summed E-state index contributed by atoms with van der Waals surface area (Å²) >= 11 is 0. The van der Waals surface area contributed by atoms with Gasteiger partial charge in [-0.25, -0.2) is 4.98 Å². The first kappa shape index (κ1) is 32.3. The molecule has 0 saturated carbocycles. The van der Waals surface area contributed by atoms with Crippen LogP contribution < -0.4 is 0 Å². The van der Waals surface area contributed by atoms with Gasteiger partial charge in [-0.05, 0) is 114 Å². The fourth-order valence-corrected chi connectivity index (χ4v) is 9.07. The van der Waals surface area contributed by atoms with Crippen LogP contribution in [0.15, 0.2) is 176 Å². The second-order valence-corrected chi connectivity index (χ2v) is 16.0. The quantitative estimate of drug-likeness (QED) is 0.175. The molecule has 1 aromatic heterocycles. The molecule has 2 aliphatic carbocycles. The summed E-state index contributed by atoms with van der Waals surface area (Å²) in [5.41, 5.74) is 22.2. The Bertz CT molecular complexity index is 2690. The monoisotopic (exact) mass is 691 g/mol. The molecule has 0 unspecified atom stereocenters. The standard InChI is InChI=1S/C53H41N/c1-52(2)46-21-12-11-20-42(46)43-25-22-38(29-47(43)52)36-18-13-19-37(28-36)39-23-26-44-45-27-24-40(31-49(45)53(3,4)48(44)30-39)51-33-41(34-14-7-5-8-15-34)32-50(54-51)35-16-9-6-10-17-35/h5-33H,1-4H3. The van der Waals surface area contributed by atoms with Crippen molar-refractivity contribution in [2.45, 2.75) is 38.5 Å². The predicted octanol–water partition coefficient (Wildman–Crippen LogP) is 14.0. The molecule has 0 bridgehead atoms. The van der Waals surface area contributed by atoms with Crippen LogP contribution in [0.4, 0.5) is 0 Å². The number of hydrogen-bond acceptors (Lipinski definition) is 1. The Kier molecular flexibility index (Phi) is 7.26. The third-order valence-corrected chi connectivity index (χ3v) is 12.1. The summed E-state index contributed by atoms with van der Waals surface area (Å²) in [5, 5.41) is 0. The first-order valence-corrected chi connectivity index (χ1v) is 19.0. The van der Waals surface area contributed by atoms with Gasteiger partial charge in [0.25, 0.3) is 0 Å². The Labute approximate surface area is 318 Å². The highest BCUT2D eigenvalue weighted by molar-refractivity contribution is 5.88. The van der Waals surface area contributed by atoms with Gasteiger partial charge in [0.15, 0.2) is 0 Å². The van der Waals surface area contributed by atoms with Crippen molar-refractivity contribution < 1.29 is 0 Å². The van der Waals surface area contributed by atoms with Crippen LogP contribution in [0.25, 0.3) is 78.1 Å². The molecule has 0 N–H and O–H groups in total. The largest absolute Gasteiger partial charge is 0.248 e. The minimum atomic E-state index is -0.172. The summed E-state index contributed by atoms with van der Waals surface area (Å²) in [5.74, 6) is 0. The summed E-state index contributed by atoms with van der Waals surface area (Å²) in [6.07, 6.45) is 0. The van der Waals surface area contributed by atoms with Gasteiger partial charge < -0.3 is 0 Å². The Morgan fingerprint density at radius 2 is 0.685 bits per heavy atom. The lowest BCUT2D eigenvalue weighted by Gasteiger charge is -2.23. The van der Waals surface area contributed by atoms with Crippen molar-refractivity contribution in [1.29, 1.82) is 0 Å². The topological polar surface area (TPSA) is 12.9 Å². The van der Waals surface area contributed by atoms with Crippen molar-refractivity contribution in [2.75, 3.05) is 0 Å². The van der Waals surface area contributed by atoms with Crippen molar-refractivity contribution in [2.24, 2.45) is 0 Å². The molecule has 1 nitrogen and oxygen atoms in total. The van der Waals surface area contributed by atoms with Crippen molar-refractivity contribution in [3.8, 4) is 78.1 Å². The van der Waals surface area contributed by atoms with Crippen LogP contribution >= 0.6 is 0 Å².